The second-order valence-corrected chi connectivity index (χ2v) is 4.68. The van der Waals surface area contributed by atoms with Crippen molar-refractivity contribution in [1.82, 2.24) is 10.3 Å². The van der Waals surface area contributed by atoms with E-state index in [-0.39, 0.29) is 0 Å². The summed E-state index contributed by atoms with van der Waals surface area (Å²) in [4.78, 5) is 7.04. The second-order valence-electron chi connectivity index (χ2n) is 4.68. The summed E-state index contributed by atoms with van der Waals surface area (Å²) in [7, 11) is 3.71. The minimum absolute atomic E-state index is 0.731. The summed E-state index contributed by atoms with van der Waals surface area (Å²) < 4.78 is 5.17. The lowest BCUT2D eigenvalue weighted by Crippen LogP contribution is -2.28. The van der Waals surface area contributed by atoms with E-state index in [9.17, 15) is 0 Å². The number of aromatic nitrogens is 1. The van der Waals surface area contributed by atoms with Crippen LogP contribution in [0.3, 0.4) is 0 Å². The minimum atomic E-state index is 0.731. The van der Waals surface area contributed by atoms with E-state index in [0.29, 0.717) is 0 Å². The van der Waals surface area contributed by atoms with Gasteiger partial charge in [0.05, 0.1) is 6.61 Å². The van der Waals surface area contributed by atoms with Crippen LogP contribution in [-0.4, -0.2) is 38.8 Å². The molecule has 19 heavy (non-hydrogen) atoms. The van der Waals surface area contributed by atoms with Gasteiger partial charge in [-0.25, -0.2) is 4.98 Å². The third kappa shape index (κ3) is 5.17. The zero-order valence-electron chi connectivity index (χ0n) is 12.7. The summed E-state index contributed by atoms with van der Waals surface area (Å²) in [5.74, 6) is 1.07. The Morgan fingerprint density at radius 1 is 1.32 bits per heavy atom. The zero-order chi connectivity index (χ0) is 14.1. The first kappa shape index (κ1) is 15.9. The maximum Gasteiger partial charge on any atom is 0.129 e. The van der Waals surface area contributed by atoms with E-state index in [4.69, 9.17) is 9.72 Å². The highest BCUT2D eigenvalue weighted by molar-refractivity contribution is 5.42. The van der Waals surface area contributed by atoms with Crippen LogP contribution >= 0.6 is 0 Å². The molecule has 0 radical (unpaired) electrons. The molecule has 1 aromatic heterocycles. The molecule has 0 atom stereocenters. The molecular formula is C15H27N3O. The van der Waals surface area contributed by atoms with Crippen molar-refractivity contribution in [3.8, 4) is 0 Å². The van der Waals surface area contributed by atoms with Crippen molar-refractivity contribution in [3.05, 3.63) is 23.4 Å². The number of aryl methyl sites for hydroxylation is 1. The van der Waals surface area contributed by atoms with E-state index in [2.05, 4.69) is 36.2 Å². The number of anilines is 1. The van der Waals surface area contributed by atoms with Gasteiger partial charge in [0.25, 0.3) is 0 Å². The fourth-order valence-electron chi connectivity index (χ4n) is 2.12. The highest BCUT2D eigenvalue weighted by atomic mass is 16.5. The molecule has 4 heteroatoms. The van der Waals surface area contributed by atoms with Crippen molar-refractivity contribution in [2.45, 2.75) is 33.2 Å². The Labute approximate surface area is 117 Å². The van der Waals surface area contributed by atoms with Gasteiger partial charge in [-0.15, -0.1) is 0 Å². The van der Waals surface area contributed by atoms with E-state index in [1.165, 1.54) is 11.3 Å². The number of pyridine rings is 1. The molecule has 0 amide bonds. The molecular weight excluding hydrogens is 238 g/mol. The number of likely N-dealkylation sites (N-methyl/N-ethyl adjacent to an activating group) is 1. The molecule has 0 saturated carbocycles. The molecule has 0 bridgehead atoms. The number of ether oxygens (including phenoxy) is 1. The van der Waals surface area contributed by atoms with E-state index in [1.807, 2.05) is 7.05 Å². The average Bonchev–Trinajstić information content (AvgIpc) is 2.40. The van der Waals surface area contributed by atoms with E-state index >= 15 is 0 Å². The first-order valence-corrected chi connectivity index (χ1v) is 7.13. The van der Waals surface area contributed by atoms with Gasteiger partial charge in [0, 0.05) is 32.4 Å². The lowest BCUT2D eigenvalue weighted by Gasteiger charge is -2.23. The molecule has 1 N–H and O–H groups in total. The van der Waals surface area contributed by atoms with Gasteiger partial charge in [-0.05, 0) is 38.1 Å². The van der Waals surface area contributed by atoms with Crippen LogP contribution in [0, 0.1) is 0 Å². The molecule has 1 aromatic rings. The number of nitrogens with zero attached hydrogens (tertiary/aromatic N) is 2. The predicted molar refractivity (Wildman–Crippen MR) is 80.8 cm³/mol. The van der Waals surface area contributed by atoms with Crippen LogP contribution < -0.4 is 10.2 Å². The fourth-order valence-corrected chi connectivity index (χ4v) is 2.12. The Balaban J connectivity index is 2.94. The third-order valence-electron chi connectivity index (χ3n) is 3.08. The van der Waals surface area contributed by atoms with Gasteiger partial charge in [-0.1, -0.05) is 13.3 Å². The van der Waals surface area contributed by atoms with Crippen LogP contribution in [-0.2, 0) is 17.7 Å². The SMILES string of the molecule is CCCc1cc(CNC)cc(N(CC)CCOC)n1. The van der Waals surface area contributed by atoms with Crippen LogP contribution in [0.1, 0.15) is 31.5 Å². The smallest absolute Gasteiger partial charge is 0.129 e. The summed E-state index contributed by atoms with van der Waals surface area (Å²) in [6, 6.07) is 4.38. The number of hydrogen-bond donors (Lipinski definition) is 1. The highest BCUT2D eigenvalue weighted by Gasteiger charge is 2.08. The first-order chi connectivity index (χ1) is 9.24. The van der Waals surface area contributed by atoms with Gasteiger partial charge in [0.15, 0.2) is 0 Å². The topological polar surface area (TPSA) is 37.4 Å². The predicted octanol–water partition coefficient (Wildman–Crippen LogP) is 2.23. The van der Waals surface area contributed by atoms with Crippen LogP contribution in [0.25, 0.3) is 0 Å². The summed E-state index contributed by atoms with van der Waals surface area (Å²) in [6.45, 7) is 7.79. The molecule has 0 aliphatic carbocycles. The molecule has 1 rings (SSSR count). The van der Waals surface area contributed by atoms with Crippen LogP contribution in [0.4, 0.5) is 5.82 Å². The Morgan fingerprint density at radius 3 is 2.68 bits per heavy atom. The number of rotatable bonds is 9. The van der Waals surface area contributed by atoms with E-state index < -0.39 is 0 Å². The Hall–Kier alpha value is -1.13. The van der Waals surface area contributed by atoms with Crippen LogP contribution in [0.15, 0.2) is 12.1 Å². The largest absolute Gasteiger partial charge is 0.383 e. The molecule has 1 heterocycles. The molecule has 0 aromatic carbocycles. The molecule has 4 nitrogen and oxygen atoms in total. The molecule has 108 valence electrons. The fraction of sp³-hybridized carbons (Fsp3) is 0.667. The quantitative estimate of drug-likeness (QED) is 0.743. The van der Waals surface area contributed by atoms with Crippen LogP contribution in [0.5, 0.6) is 0 Å². The molecule has 0 aliphatic rings. The third-order valence-corrected chi connectivity index (χ3v) is 3.08. The maximum atomic E-state index is 5.17. The van der Waals surface area contributed by atoms with Crippen molar-refractivity contribution >= 4 is 5.82 Å². The summed E-state index contributed by atoms with van der Waals surface area (Å²) in [5.41, 5.74) is 2.48. The lowest BCUT2D eigenvalue weighted by molar-refractivity contribution is 0.205. The van der Waals surface area contributed by atoms with E-state index in [1.54, 1.807) is 7.11 Å². The van der Waals surface area contributed by atoms with Crippen molar-refractivity contribution in [2.24, 2.45) is 0 Å². The van der Waals surface area contributed by atoms with Crippen molar-refractivity contribution < 1.29 is 4.74 Å². The van der Waals surface area contributed by atoms with Gasteiger partial charge in [0.1, 0.15) is 5.82 Å². The van der Waals surface area contributed by atoms with Crippen molar-refractivity contribution in [3.63, 3.8) is 0 Å². The van der Waals surface area contributed by atoms with Gasteiger partial charge >= 0.3 is 0 Å². The zero-order valence-corrected chi connectivity index (χ0v) is 12.7. The van der Waals surface area contributed by atoms with Crippen LogP contribution in [0.2, 0.25) is 0 Å². The molecule has 0 unspecified atom stereocenters. The second kappa shape index (κ2) is 8.88. The normalized spacial score (nSPS) is 10.7. The summed E-state index contributed by atoms with van der Waals surface area (Å²) in [5, 5.41) is 3.21. The lowest BCUT2D eigenvalue weighted by atomic mass is 10.1. The Bertz CT molecular complexity index is 344. The van der Waals surface area contributed by atoms with Gasteiger partial charge in [-0.2, -0.15) is 0 Å². The van der Waals surface area contributed by atoms with Gasteiger partial charge < -0.3 is 15.0 Å². The Kier molecular flexibility index (Phi) is 7.45. The minimum Gasteiger partial charge on any atom is -0.383 e. The standard InChI is InChI=1S/C15H27N3O/c1-5-7-14-10-13(12-16-3)11-15(17-14)18(6-2)8-9-19-4/h10-11,16H,5-9,12H2,1-4H3. The molecule has 0 fully saturated rings. The summed E-state index contributed by atoms with van der Waals surface area (Å²) >= 11 is 0. The highest BCUT2D eigenvalue weighted by Crippen LogP contribution is 2.16. The van der Waals surface area contributed by atoms with Gasteiger partial charge in [0.2, 0.25) is 0 Å². The molecule has 0 spiro atoms. The average molecular weight is 265 g/mol. The van der Waals surface area contributed by atoms with E-state index in [0.717, 1.165) is 44.9 Å². The Morgan fingerprint density at radius 2 is 2.11 bits per heavy atom. The molecule has 0 aliphatic heterocycles. The van der Waals surface area contributed by atoms with Crippen molar-refractivity contribution in [1.29, 1.82) is 0 Å². The first-order valence-electron chi connectivity index (χ1n) is 7.13. The number of nitrogens with one attached hydrogen (secondary N) is 1. The number of hydrogen-bond acceptors (Lipinski definition) is 4. The van der Waals surface area contributed by atoms with Gasteiger partial charge in [-0.3, -0.25) is 0 Å². The van der Waals surface area contributed by atoms with Crippen molar-refractivity contribution in [2.75, 3.05) is 38.8 Å². The maximum absolute atomic E-state index is 5.17. The number of methoxy groups -OCH3 is 1. The summed E-state index contributed by atoms with van der Waals surface area (Å²) in [6.07, 6.45) is 2.16. The monoisotopic (exact) mass is 265 g/mol. The molecule has 0 saturated heterocycles.